The van der Waals surface area contributed by atoms with Crippen molar-refractivity contribution >= 4 is 6.21 Å². The molecule has 0 atom stereocenters. The minimum absolute atomic E-state index is 1.53. The number of hydrogen-bond donors (Lipinski definition) is 1. The SMILES string of the molecule is C\C=C/C=C\C=N/N. The smallest absolute Gasteiger partial charge is 0.0465 e. The molecule has 0 amide bonds. The highest BCUT2D eigenvalue weighted by Gasteiger charge is 1.56. The standard InChI is InChI=1S/C6H10N2/c1-2-3-4-5-6-8-7/h2-6H,7H2,1H3/b3-2-,5-4-,8-6-. The first kappa shape index (κ1) is 6.95. The summed E-state index contributed by atoms with van der Waals surface area (Å²) in [5, 5.41) is 3.26. The highest BCUT2D eigenvalue weighted by Crippen LogP contribution is 1.71. The normalized spacial score (nSPS) is 12.6. The van der Waals surface area contributed by atoms with Crippen molar-refractivity contribution in [1.29, 1.82) is 0 Å². The first-order valence-electron chi connectivity index (χ1n) is 2.43. The molecule has 0 heterocycles. The summed E-state index contributed by atoms with van der Waals surface area (Å²) >= 11 is 0. The van der Waals surface area contributed by atoms with Crippen molar-refractivity contribution in [2.75, 3.05) is 0 Å². The first-order chi connectivity index (χ1) is 3.91. The predicted octanol–water partition coefficient (Wildman–Crippen LogP) is 1.06. The summed E-state index contributed by atoms with van der Waals surface area (Å²) in [5.41, 5.74) is 0. The van der Waals surface area contributed by atoms with Gasteiger partial charge in [-0.3, -0.25) is 0 Å². The van der Waals surface area contributed by atoms with E-state index in [0.717, 1.165) is 0 Å². The maximum Gasteiger partial charge on any atom is 0.0465 e. The van der Waals surface area contributed by atoms with E-state index in [1.807, 2.05) is 25.2 Å². The summed E-state index contributed by atoms with van der Waals surface area (Å²) < 4.78 is 0. The van der Waals surface area contributed by atoms with Gasteiger partial charge in [0.05, 0.1) is 0 Å². The van der Waals surface area contributed by atoms with Crippen LogP contribution in [-0.2, 0) is 0 Å². The van der Waals surface area contributed by atoms with Crippen molar-refractivity contribution in [1.82, 2.24) is 0 Å². The molecule has 0 aromatic rings. The summed E-state index contributed by atoms with van der Waals surface area (Å²) in [4.78, 5) is 0. The van der Waals surface area contributed by atoms with Gasteiger partial charge in [-0.15, -0.1) is 0 Å². The maximum absolute atomic E-state index is 4.80. The number of nitrogens with zero attached hydrogens (tertiary/aromatic N) is 1. The fourth-order valence-corrected chi connectivity index (χ4v) is 0.275. The van der Waals surface area contributed by atoms with Gasteiger partial charge in [0, 0.05) is 6.21 Å². The molecule has 8 heavy (non-hydrogen) atoms. The van der Waals surface area contributed by atoms with Gasteiger partial charge in [0.15, 0.2) is 0 Å². The van der Waals surface area contributed by atoms with Crippen LogP contribution in [0.1, 0.15) is 6.92 Å². The van der Waals surface area contributed by atoms with Crippen LogP contribution in [0.15, 0.2) is 29.4 Å². The molecule has 0 spiro atoms. The molecule has 0 aliphatic carbocycles. The highest BCUT2D eigenvalue weighted by atomic mass is 15.1. The lowest BCUT2D eigenvalue weighted by Crippen LogP contribution is -1.76. The van der Waals surface area contributed by atoms with Crippen molar-refractivity contribution < 1.29 is 0 Å². The van der Waals surface area contributed by atoms with Gasteiger partial charge >= 0.3 is 0 Å². The number of allylic oxidation sites excluding steroid dienone is 4. The molecule has 44 valence electrons. The Kier molecular flexibility index (Phi) is 5.17. The Morgan fingerprint density at radius 1 is 1.25 bits per heavy atom. The van der Waals surface area contributed by atoms with Crippen LogP contribution in [0.5, 0.6) is 0 Å². The molecule has 0 bridgehead atoms. The van der Waals surface area contributed by atoms with Gasteiger partial charge in [-0.25, -0.2) is 0 Å². The fourth-order valence-electron chi connectivity index (χ4n) is 0.275. The third-order valence-corrected chi connectivity index (χ3v) is 0.587. The van der Waals surface area contributed by atoms with Gasteiger partial charge < -0.3 is 5.84 Å². The Bertz CT molecular complexity index is 97.7. The van der Waals surface area contributed by atoms with Crippen molar-refractivity contribution in [3.05, 3.63) is 24.3 Å². The third-order valence-electron chi connectivity index (χ3n) is 0.587. The average molecular weight is 110 g/mol. The zero-order valence-electron chi connectivity index (χ0n) is 4.91. The molecule has 0 aliphatic rings. The van der Waals surface area contributed by atoms with Crippen LogP contribution in [0, 0.1) is 0 Å². The molecular formula is C6H10N2. The molecule has 2 N–H and O–H groups in total. The lowest BCUT2D eigenvalue weighted by Gasteiger charge is -1.68. The van der Waals surface area contributed by atoms with Crippen molar-refractivity contribution in [3.8, 4) is 0 Å². The molecule has 0 rings (SSSR count). The van der Waals surface area contributed by atoms with E-state index in [1.165, 1.54) is 6.21 Å². The Morgan fingerprint density at radius 3 is 2.50 bits per heavy atom. The summed E-state index contributed by atoms with van der Waals surface area (Å²) in [6, 6.07) is 0. The largest absolute Gasteiger partial charge is 0.323 e. The van der Waals surface area contributed by atoms with Crippen LogP contribution in [0.25, 0.3) is 0 Å². The average Bonchev–Trinajstić information content (AvgIpc) is 1.81. The highest BCUT2D eigenvalue weighted by molar-refractivity contribution is 5.70. The van der Waals surface area contributed by atoms with E-state index in [-0.39, 0.29) is 0 Å². The van der Waals surface area contributed by atoms with Gasteiger partial charge in [0.1, 0.15) is 0 Å². The van der Waals surface area contributed by atoms with Crippen LogP contribution < -0.4 is 5.84 Å². The van der Waals surface area contributed by atoms with Crippen LogP contribution >= 0.6 is 0 Å². The van der Waals surface area contributed by atoms with E-state index in [2.05, 4.69) is 5.10 Å². The molecule has 0 saturated heterocycles. The quantitative estimate of drug-likeness (QED) is 0.245. The van der Waals surface area contributed by atoms with E-state index in [0.29, 0.717) is 0 Å². The fraction of sp³-hybridized carbons (Fsp3) is 0.167. The molecule has 0 aromatic carbocycles. The monoisotopic (exact) mass is 110 g/mol. The molecule has 0 fully saturated rings. The van der Waals surface area contributed by atoms with E-state index >= 15 is 0 Å². The lowest BCUT2D eigenvalue weighted by molar-refractivity contribution is 1.27. The minimum atomic E-state index is 1.53. The van der Waals surface area contributed by atoms with E-state index < -0.39 is 0 Å². The second-order valence-corrected chi connectivity index (χ2v) is 1.21. The molecule has 2 nitrogen and oxygen atoms in total. The summed E-state index contributed by atoms with van der Waals surface area (Å²) in [7, 11) is 0. The molecule has 0 radical (unpaired) electrons. The summed E-state index contributed by atoms with van der Waals surface area (Å²) in [6.45, 7) is 1.95. The van der Waals surface area contributed by atoms with Crippen molar-refractivity contribution in [2.24, 2.45) is 10.9 Å². The van der Waals surface area contributed by atoms with Crippen LogP contribution in [-0.4, -0.2) is 6.21 Å². The van der Waals surface area contributed by atoms with Gasteiger partial charge in [-0.2, -0.15) is 5.10 Å². The molecule has 0 aliphatic heterocycles. The molecule has 0 unspecified atom stereocenters. The number of hydrazone groups is 1. The van der Waals surface area contributed by atoms with E-state index in [1.54, 1.807) is 6.08 Å². The third kappa shape index (κ3) is 4.95. The maximum atomic E-state index is 4.80. The predicted molar refractivity (Wildman–Crippen MR) is 36.6 cm³/mol. The zero-order valence-corrected chi connectivity index (χ0v) is 4.91. The van der Waals surface area contributed by atoms with Gasteiger partial charge in [-0.05, 0) is 13.0 Å². The van der Waals surface area contributed by atoms with Gasteiger partial charge in [-0.1, -0.05) is 18.2 Å². The Balaban J connectivity index is 3.35. The Labute approximate surface area is 49.4 Å². The molecule has 0 saturated carbocycles. The number of hydrogen-bond acceptors (Lipinski definition) is 2. The lowest BCUT2D eigenvalue weighted by atomic mass is 10.4. The van der Waals surface area contributed by atoms with Crippen LogP contribution in [0.3, 0.4) is 0 Å². The number of rotatable bonds is 2. The van der Waals surface area contributed by atoms with Gasteiger partial charge in [0.2, 0.25) is 0 Å². The van der Waals surface area contributed by atoms with Crippen molar-refractivity contribution in [3.63, 3.8) is 0 Å². The Hall–Kier alpha value is -1.05. The number of nitrogens with two attached hydrogens (primary N) is 1. The van der Waals surface area contributed by atoms with E-state index in [9.17, 15) is 0 Å². The minimum Gasteiger partial charge on any atom is -0.323 e. The van der Waals surface area contributed by atoms with Crippen LogP contribution in [0.2, 0.25) is 0 Å². The molecule has 2 heteroatoms. The van der Waals surface area contributed by atoms with Crippen molar-refractivity contribution in [2.45, 2.75) is 6.92 Å². The first-order valence-corrected chi connectivity index (χ1v) is 2.43. The molecular weight excluding hydrogens is 100 g/mol. The second kappa shape index (κ2) is 5.95. The topological polar surface area (TPSA) is 38.4 Å². The molecule has 0 aromatic heterocycles. The summed E-state index contributed by atoms with van der Waals surface area (Å²) in [5.74, 6) is 4.80. The van der Waals surface area contributed by atoms with E-state index in [4.69, 9.17) is 5.84 Å². The summed E-state index contributed by atoms with van der Waals surface area (Å²) in [6.07, 6.45) is 8.99. The Morgan fingerprint density at radius 2 is 2.00 bits per heavy atom. The second-order valence-electron chi connectivity index (χ2n) is 1.21. The van der Waals surface area contributed by atoms with Gasteiger partial charge in [0.25, 0.3) is 0 Å². The zero-order chi connectivity index (χ0) is 6.24. The van der Waals surface area contributed by atoms with Crippen LogP contribution in [0.4, 0.5) is 0 Å².